The third-order valence-electron chi connectivity index (χ3n) is 4.24. The standard InChI is InChI=1S/C15H20F3N5O3S/c1-2-19-12-9-13(22-8(21-12)3-4-15(16,17)18)23(6-20-9)14-11(25)10(24)7(5-27)26-14/h6-7,10-11,14,24-25,27H,2-5H2,1H3,(H,19,21,22)/t7-,10-,11-,14-/m1/s1. The van der Waals surface area contributed by atoms with Crippen LogP contribution >= 0.6 is 12.6 Å². The van der Waals surface area contributed by atoms with Crippen LogP contribution in [-0.4, -0.2) is 66.5 Å². The Morgan fingerprint density at radius 3 is 2.63 bits per heavy atom. The number of rotatable bonds is 6. The normalized spacial score (nSPS) is 26.0. The molecule has 3 N–H and O–H groups in total. The predicted molar refractivity (Wildman–Crippen MR) is 93.6 cm³/mol. The minimum absolute atomic E-state index is 0.00342. The summed E-state index contributed by atoms with van der Waals surface area (Å²) in [5.41, 5.74) is 0.557. The summed E-state index contributed by atoms with van der Waals surface area (Å²) in [6, 6.07) is 0. The third-order valence-corrected chi connectivity index (χ3v) is 4.60. The molecular formula is C15H20F3N5O3S. The molecule has 0 aromatic carbocycles. The molecule has 1 aliphatic heterocycles. The van der Waals surface area contributed by atoms with Crippen molar-refractivity contribution >= 4 is 29.6 Å². The number of halogens is 3. The second-order valence-corrected chi connectivity index (χ2v) is 6.55. The summed E-state index contributed by atoms with van der Waals surface area (Å²) in [5.74, 6) is 0.490. The van der Waals surface area contributed by atoms with Gasteiger partial charge in [0.1, 0.15) is 18.0 Å². The van der Waals surface area contributed by atoms with Crippen LogP contribution < -0.4 is 5.32 Å². The molecular weight excluding hydrogens is 387 g/mol. The third kappa shape index (κ3) is 4.13. The first-order valence-corrected chi connectivity index (χ1v) is 9.05. The van der Waals surface area contributed by atoms with E-state index in [0.29, 0.717) is 17.9 Å². The first-order valence-electron chi connectivity index (χ1n) is 8.41. The Hall–Kier alpha value is -1.63. The second kappa shape index (κ2) is 7.78. The number of nitrogens with one attached hydrogen (secondary N) is 1. The van der Waals surface area contributed by atoms with Gasteiger partial charge >= 0.3 is 6.18 Å². The van der Waals surface area contributed by atoms with E-state index in [0.717, 1.165) is 0 Å². The van der Waals surface area contributed by atoms with Crippen LogP contribution in [0.15, 0.2) is 6.33 Å². The minimum atomic E-state index is -4.33. The monoisotopic (exact) mass is 407 g/mol. The summed E-state index contributed by atoms with van der Waals surface area (Å²) in [5, 5.41) is 23.3. The lowest BCUT2D eigenvalue weighted by atomic mass is 10.1. The smallest absolute Gasteiger partial charge is 0.387 e. The quantitative estimate of drug-likeness (QED) is 0.535. The number of aromatic nitrogens is 4. The van der Waals surface area contributed by atoms with Crippen LogP contribution in [0.5, 0.6) is 0 Å². The number of alkyl halides is 3. The van der Waals surface area contributed by atoms with Crippen LogP contribution in [0.4, 0.5) is 19.0 Å². The number of hydrogen-bond donors (Lipinski definition) is 4. The summed E-state index contributed by atoms with van der Waals surface area (Å²) in [6.07, 6.45) is -8.49. The summed E-state index contributed by atoms with van der Waals surface area (Å²) in [7, 11) is 0. The van der Waals surface area contributed by atoms with Crippen LogP contribution in [0, 0.1) is 0 Å². The number of aliphatic hydroxyl groups is 2. The second-order valence-electron chi connectivity index (χ2n) is 6.19. The van der Waals surface area contributed by atoms with E-state index in [9.17, 15) is 23.4 Å². The molecule has 1 fully saturated rings. The Kier molecular flexibility index (Phi) is 5.79. The largest absolute Gasteiger partial charge is 0.389 e. The Morgan fingerprint density at radius 2 is 2.04 bits per heavy atom. The fourth-order valence-corrected chi connectivity index (χ4v) is 3.22. The first-order chi connectivity index (χ1) is 12.7. The molecule has 8 nitrogen and oxygen atoms in total. The van der Waals surface area contributed by atoms with Gasteiger partial charge in [-0.1, -0.05) is 0 Å². The highest BCUT2D eigenvalue weighted by atomic mass is 32.1. The lowest BCUT2D eigenvalue weighted by Crippen LogP contribution is -2.32. The molecule has 0 aliphatic carbocycles. The minimum Gasteiger partial charge on any atom is -0.387 e. The van der Waals surface area contributed by atoms with Gasteiger partial charge in [-0.05, 0) is 6.92 Å². The van der Waals surface area contributed by atoms with Crippen LogP contribution in [0.3, 0.4) is 0 Å². The molecule has 0 saturated carbocycles. The van der Waals surface area contributed by atoms with Crippen molar-refractivity contribution in [2.45, 2.75) is 50.5 Å². The molecule has 150 valence electrons. The summed E-state index contributed by atoms with van der Waals surface area (Å²) in [4.78, 5) is 12.5. The molecule has 0 bridgehead atoms. The number of ether oxygens (including phenoxy) is 1. The molecule has 3 rings (SSSR count). The van der Waals surface area contributed by atoms with Crippen molar-refractivity contribution < 1.29 is 28.1 Å². The number of imidazole rings is 1. The van der Waals surface area contributed by atoms with Crippen molar-refractivity contribution in [3.05, 3.63) is 12.2 Å². The van der Waals surface area contributed by atoms with E-state index in [4.69, 9.17) is 4.74 Å². The van der Waals surface area contributed by atoms with Crippen molar-refractivity contribution in [3.8, 4) is 0 Å². The van der Waals surface area contributed by atoms with E-state index < -0.39 is 37.1 Å². The number of thiol groups is 1. The molecule has 2 aromatic heterocycles. The number of nitrogens with zero attached hydrogens (tertiary/aromatic N) is 4. The number of hydrogen-bond acceptors (Lipinski definition) is 8. The van der Waals surface area contributed by atoms with Gasteiger partial charge in [0.25, 0.3) is 0 Å². The molecule has 27 heavy (non-hydrogen) atoms. The van der Waals surface area contributed by atoms with Crippen molar-refractivity contribution in [1.29, 1.82) is 0 Å². The molecule has 0 radical (unpaired) electrons. The van der Waals surface area contributed by atoms with E-state index >= 15 is 0 Å². The highest BCUT2D eigenvalue weighted by molar-refractivity contribution is 7.80. The molecule has 1 saturated heterocycles. The molecule has 0 amide bonds. The van der Waals surface area contributed by atoms with Gasteiger partial charge in [-0.25, -0.2) is 15.0 Å². The zero-order chi connectivity index (χ0) is 19.8. The topological polar surface area (TPSA) is 105 Å². The maximum atomic E-state index is 12.6. The fourth-order valence-electron chi connectivity index (χ4n) is 2.91. The van der Waals surface area contributed by atoms with Gasteiger partial charge in [0.2, 0.25) is 0 Å². The van der Waals surface area contributed by atoms with E-state index in [1.165, 1.54) is 10.9 Å². The molecule has 1 aliphatic rings. The predicted octanol–water partition coefficient (Wildman–Crippen LogP) is 1.30. The van der Waals surface area contributed by atoms with E-state index in [-0.39, 0.29) is 23.6 Å². The first kappa shape index (κ1) is 20.1. The van der Waals surface area contributed by atoms with Gasteiger partial charge in [-0.15, -0.1) is 0 Å². The molecule has 4 atom stereocenters. The average Bonchev–Trinajstić information content (AvgIpc) is 3.15. The van der Waals surface area contributed by atoms with Gasteiger partial charge < -0.3 is 20.3 Å². The fraction of sp³-hybridized carbons (Fsp3) is 0.667. The van der Waals surface area contributed by atoms with Crippen molar-refractivity contribution in [3.63, 3.8) is 0 Å². The van der Waals surface area contributed by atoms with E-state index in [2.05, 4.69) is 32.9 Å². The molecule has 12 heteroatoms. The maximum absolute atomic E-state index is 12.6. The Bertz CT molecular complexity index is 803. The molecule has 0 unspecified atom stereocenters. The summed E-state index contributed by atoms with van der Waals surface area (Å²) in [6.45, 7) is 2.30. The highest BCUT2D eigenvalue weighted by Gasteiger charge is 2.43. The van der Waals surface area contributed by atoms with Gasteiger partial charge in [-0.3, -0.25) is 4.57 Å². The summed E-state index contributed by atoms with van der Waals surface area (Å²) >= 11 is 4.08. The van der Waals surface area contributed by atoms with Crippen LogP contribution in [0.2, 0.25) is 0 Å². The molecule has 2 aromatic rings. The maximum Gasteiger partial charge on any atom is 0.389 e. The van der Waals surface area contributed by atoms with Crippen LogP contribution in [-0.2, 0) is 11.2 Å². The summed E-state index contributed by atoms with van der Waals surface area (Å²) < 4.78 is 44.7. The molecule has 0 spiro atoms. The zero-order valence-electron chi connectivity index (χ0n) is 14.4. The van der Waals surface area contributed by atoms with Crippen LogP contribution in [0.25, 0.3) is 11.2 Å². The van der Waals surface area contributed by atoms with Crippen molar-refractivity contribution in [2.24, 2.45) is 0 Å². The SMILES string of the molecule is CCNc1nc(CCC(F)(F)F)nc2c1ncn2[C@@H]1O[C@H](CS)[C@@H](O)[C@H]1O. The van der Waals surface area contributed by atoms with Gasteiger partial charge in [-0.2, -0.15) is 25.8 Å². The van der Waals surface area contributed by atoms with Crippen molar-refractivity contribution in [2.75, 3.05) is 17.6 Å². The number of anilines is 1. The lowest BCUT2D eigenvalue weighted by molar-refractivity contribution is -0.134. The lowest BCUT2D eigenvalue weighted by Gasteiger charge is -2.17. The highest BCUT2D eigenvalue weighted by Crippen LogP contribution is 2.33. The van der Waals surface area contributed by atoms with Gasteiger partial charge in [0.15, 0.2) is 23.2 Å². The van der Waals surface area contributed by atoms with Gasteiger partial charge in [0, 0.05) is 18.7 Å². The molecule has 3 heterocycles. The number of aryl methyl sites for hydroxylation is 1. The number of fused-ring (bicyclic) bond motifs is 1. The average molecular weight is 407 g/mol. The Balaban J connectivity index is 2.00. The van der Waals surface area contributed by atoms with E-state index in [1.807, 2.05) is 6.92 Å². The Labute approximate surface area is 158 Å². The Morgan fingerprint density at radius 1 is 1.30 bits per heavy atom. The van der Waals surface area contributed by atoms with Gasteiger partial charge in [0.05, 0.1) is 18.9 Å². The van der Waals surface area contributed by atoms with Crippen molar-refractivity contribution in [1.82, 2.24) is 19.5 Å². The zero-order valence-corrected chi connectivity index (χ0v) is 15.3. The van der Waals surface area contributed by atoms with Crippen LogP contribution in [0.1, 0.15) is 25.4 Å². The number of aliphatic hydroxyl groups excluding tert-OH is 2. The van der Waals surface area contributed by atoms with E-state index in [1.54, 1.807) is 0 Å².